The van der Waals surface area contributed by atoms with Gasteiger partial charge in [0.05, 0.1) is 4.47 Å². The summed E-state index contributed by atoms with van der Waals surface area (Å²) in [6, 6.07) is 5.83. The van der Waals surface area contributed by atoms with E-state index in [4.69, 9.17) is 4.74 Å². The molecule has 0 saturated heterocycles. The van der Waals surface area contributed by atoms with Crippen LogP contribution in [0.25, 0.3) is 0 Å². The molecule has 0 radical (unpaired) electrons. The number of nitrogens with one attached hydrogen (secondary N) is 1. The summed E-state index contributed by atoms with van der Waals surface area (Å²) in [5, 5.41) is 2.88. The second-order valence-electron chi connectivity index (χ2n) is 4.06. The first-order chi connectivity index (χ1) is 9.49. The Labute approximate surface area is 133 Å². The molecule has 106 valence electrons. The summed E-state index contributed by atoms with van der Waals surface area (Å²) < 4.78 is 7.47. The van der Waals surface area contributed by atoms with Crippen LogP contribution in [0, 0.1) is 0 Å². The van der Waals surface area contributed by atoms with Gasteiger partial charge in [-0.2, -0.15) is 15.0 Å². The minimum Gasteiger partial charge on any atom is -0.423 e. The van der Waals surface area contributed by atoms with E-state index >= 15 is 0 Å². The van der Waals surface area contributed by atoms with Crippen LogP contribution in [-0.2, 0) is 0 Å². The van der Waals surface area contributed by atoms with Crippen molar-refractivity contribution in [3.05, 3.63) is 27.1 Å². The fourth-order valence-corrected chi connectivity index (χ4v) is 2.49. The zero-order chi connectivity index (χ0) is 14.7. The van der Waals surface area contributed by atoms with Crippen LogP contribution in [0.5, 0.6) is 11.8 Å². The molecular weight excluding hydrogens is 390 g/mol. The van der Waals surface area contributed by atoms with E-state index in [9.17, 15) is 0 Å². The van der Waals surface area contributed by atoms with E-state index in [0.717, 1.165) is 8.95 Å². The normalized spacial score (nSPS) is 10.2. The van der Waals surface area contributed by atoms with E-state index in [2.05, 4.69) is 52.1 Å². The van der Waals surface area contributed by atoms with Crippen LogP contribution in [0.3, 0.4) is 0 Å². The summed E-state index contributed by atoms with van der Waals surface area (Å²) in [5.74, 6) is 1.60. The van der Waals surface area contributed by atoms with Crippen LogP contribution in [0.15, 0.2) is 27.1 Å². The molecule has 0 unspecified atom stereocenters. The number of anilines is 2. The summed E-state index contributed by atoms with van der Waals surface area (Å²) in [7, 11) is 5.45. The number of ether oxygens (including phenoxy) is 1. The zero-order valence-corrected chi connectivity index (χ0v) is 14.4. The van der Waals surface area contributed by atoms with Crippen molar-refractivity contribution in [1.29, 1.82) is 0 Å². The zero-order valence-electron chi connectivity index (χ0n) is 11.2. The maximum Gasteiger partial charge on any atom is 0.328 e. The molecule has 0 amide bonds. The molecule has 0 fully saturated rings. The summed E-state index contributed by atoms with van der Waals surface area (Å²) in [5.41, 5.74) is 0. The number of hydrogen-bond donors (Lipinski definition) is 1. The summed E-state index contributed by atoms with van der Waals surface area (Å²) in [6.45, 7) is 0. The van der Waals surface area contributed by atoms with E-state index < -0.39 is 0 Å². The Morgan fingerprint density at radius 1 is 1.15 bits per heavy atom. The van der Waals surface area contributed by atoms with Crippen molar-refractivity contribution in [1.82, 2.24) is 15.0 Å². The lowest BCUT2D eigenvalue weighted by Crippen LogP contribution is -2.15. The van der Waals surface area contributed by atoms with Gasteiger partial charge in [-0.25, -0.2) is 0 Å². The molecule has 6 nitrogen and oxygen atoms in total. The number of nitrogens with zero attached hydrogens (tertiary/aromatic N) is 4. The fraction of sp³-hybridized carbons (Fsp3) is 0.250. The van der Waals surface area contributed by atoms with E-state index in [1.165, 1.54) is 0 Å². The summed E-state index contributed by atoms with van der Waals surface area (Å²) in [4.78, 5) is 14.4. The van der Waals surface area contributed by atoms with Crippen LogP contribution in [-0.4, -0.2) is 36.1 Å². The summed E-state index contributed by atoms with van der Waals surface area (Å²) >= 11 is 6.83. The monoisotopic (exact) mass is 401 g/mol. The standard InChI is InChI=1S/C12H13Br2N5O/c1-15-10-16-11(19(2)3)18-12(17-10)20-9-5-4-7(13)6-8(9)14/h4-6H,1-3H3,(H,15,16,17,18). The Morgan fingerprint density at radius 2 is 1.90 bits per heavy atom. The van der Waals surface area contributed by atoms with Crippen LogP contribution in [0.4, 0.5) is 11.9 Å². The number of halogens is 2. The molecule has 0 aliphatic rings. The third-order valence-electron chi connectivity index (χ3n) is 2.32. The number of hydrogen-bond acceptors (Lipinski definition) is 6. The molecule has 0 atom stereocenters. The smallest absolute Gasteiger partial charge is 0.328 e. The van der Waals surface area contributed by atoms with Crippen LogP contribution in [0.2, 0.25) is 0 Å². The molecule has 0 bridgehead atoms. The van der Waals surface area contributed by atoms with Gasteiger partial charge in [-0.15, -0.1) is 0 Å². The molecule has 20 heavy (non-hydrogen) atoms. The second kappa shape index (κ2) is 6.36. The molecule has 1 aromatic heterocycles. The van der Waals surface area contributed by atoms with Crippen LogP contribution >= 0.6 is 31.9 Å². The van der Waals surface area contributed by atoms with Crippen molar-refractivity contribution in [2.75, 3.05) is 31.4 Å². The van der Waals surface area contributed by atoms with Gasteiger partial charge in [0, 0.05) is 25.6 Å². The lowest BCUT2D eigenvalue weighted by atomic mass is 10.3. The number of benzene rings is 1. The van der Waals surface area contributed by atoms with Crippen molar-refractivity contribution in [3.63, 3.8) is 0 Å². The average molecular weight is 403 g/mol. The molecule has 8 heteroatoms. The maximum absolute atomic E-state index is 5.70. The molecule has 0 aliphatic heterocycles. The van der Waals surface area contributed by atoms with Gasteiger partial charge in [0.2, 0.25) is 11.9 Å². The number of aromatic nitrogens is 3. The Balaban J connectivity index is 2.34. The predicted molar refractivity (Wildman–Crippen MR) is 85.6 cm³/mol. The molecular formula is C12H13Br2N5O. The van der Waals surface area contributed by atoms with Crippen molar-refractivity contribution in [3.8, 4) is 11.8 Å². The Kier molecular flexibility index (Phi) is 4.77. The minimum absolute atomic E-state index is 0.232. The molecule has 0 saturated carbocycles. The lowest BCUT2D eigenvalue weighted by molar-refractivity contribution is 0.438. The SMILES string of the molecule is CNc1nc(Oc2ccc(Br)cc2Br)nc(N(C)C)n1. The van der Waals surface area contributed by atoms with Gasteiger partial charge in [0.1, 0.15) is 5.75 Å². The van der Waals surface area contributed by atoms with Gasteiger partial charge < -0.3 is 15.0 Å². The minimum atomic E-state index is 0.232. The highest BCUT2D eigenvalue weighted by Crippen LogP contribution is 2.31. The summed E-state index contributed by atoms with van der Waals surface area (Å²) in [6.07, 6.45) is 0. The van der Waals surface area contributed by atoms with Gasteiger partial charge in [0.25, 0.3) is 0 Å². The average Bonchev–Trinajstić information content (AvgIpc) is 2.41. The van der Waals surface area contributed by atoms with E-state index in [1.807, 2.05) is 32.3 Å². The largest absolute Gasteiger partial charge is 0.423 e. The Morgan fingerprint density at radius 3 is 2.50 bits per heavy atom. The quantitative estimate of drug-likeness (QED) is 0.846. The molecule has 1 N–H and O–H groups in total. The Bertz CT molecular complexity index is 621. The lowest BCUT2D eigenvalue weighted by Gasteiger charge is -2.13. The van der Waals surface area contributed by atoms with Crippen molar-refractivity contribution in [2.45, 2.75) is 0 Å². The molecule has 2 rings (SSSR count). The third-order valence-corrected chi connectivity index (χ3v) is 3.43. The van der Waals surface area contributed by atoms with Crippen molar-refractivity contribution < 1.29 is 4.74 Å². The van der Waals surface area contributed by atoms with Gasteiger partial charge in [-0.05, 0) is 34.1 Å². The van der Waals surface area contributed by atoms with E-state index in [-0.39, 0.29) is 6.01 Å². The van der Waals surface area contributed by atoms with Crippen molar-refractivity contribution >= 4 is 43.8 Å². The fourth-order valence-electron chi connectivity index (χ4n) is 1.36. The topological polar surface area (TPSA) is 63.2 Å². The number of rotatable bonds is 4. The van der Waals surface area contributed by atoms with E-state index in [0.29, 0.717) is 17.6 Å². The highest BCUT2D eigenvalue weighted by molar-refractivity contribution is 9.11. The second-order valence-corrected chi connectivity index (χ2v) is 5.83. The van der Waals surface area contributed by atoms with Crippen LogP contribution in [0.1, 0.15) is 0 Å². The van der Waals surface area contributed by atoms with Crippen LogP contribution < -0.4 is 15.0 Å². The van der Waals surface area contributed by atoms with Crippen molar-refractivity contribution in [2.24, 2.45) is 0 Å². The first kappa shape index (κ1) is 15.0. The first-order valence-corrected chi connectivity index (χ1v) is 7.32. The van der Waals surface area contributed by atoms with Gasteiger partial charge in [-0.1, -0.05) is 15.9 Å². The first-order valence-electron chi connectivity index (χ1n) is 5.73. The molecule has 2 aromatic rings. The van der Waals surface area contributed by atoms with Gasteiger partial charge >= 0.3 is 6.01 Å². The molecule has 1 heterocycles. The third kappa shape index (κ3) is 3.57. The highest BCUT2D eigenvalue weighted by Gasteiger charge is 2.11. The highest BCUT2D eigenvalue weighted by atomic mass is 79.9. The molecule has 0 aliphatic carbocycles. The maximum atomic E-state index is 5.70. The van der Waals surface area contributed by atoms with Gasteiger partial charge in [0.15, 0.2) is 0 Å². The van der Waals surface area contributed by atoms with Gasteiger partial charge in [-0.3, -0.25) is 0 Å². The van der Waals surface area contributed by atoms with E-state index in [1.54, 1.807) is 11.9 Å². The Hall–Kier alpha value is -1.41. The molecule has 0 spiro atoms. The predicted octanol–water partition coefficient (Wildman–Crippen LogP) is 3.30. The molecule has 1 aromatic carbocycles.